The van der Waals surface area contributed by atoms with Crippen LogP contribution in [0, 0.1) is 5.92 Å². The van der Waals surface area contributed by atoms with Crippen LogP contribution in [0.25, 0.3) is 0 Å². The fourth-order valence-electron chi connectivity index (χ4n) is 2.29. The molecule has 0 bridgehead atoms. The van der Waals surface area contributed by atoms with Gasteiger partial charge in [0.2, 0.25) is 0 Å². The van der Waals surface area contributed by atoms with Crippen LogP contribution in [0.1, 0.15) is 23.4 Å². The SMILES string of the molecule is CNCC1CCCN(C(=O)c2ccc(Cl)o2)C1. The molecule has 1 aliphatic heterocycles. The minimum atomic E-state index is -0.0577. The van der Waals surface area contributed by atoms with Crippen LogP contribution in [0.2, 0.25) is 5.22 Å². The molecule has 17 heavy (non-hydrogen) atoms. The zero-order valence-corrected chi connectivity index (χ0v) is 10.7. The Morgan fingerprint density at radius 2 is 2.47 bits per heavy atom. The van der Waals surface area contributed by atoms with E-state index in [9.17, 15) is 4.79 Å². The van der Waals surface area contributed by atoms with Crippen molar-refractivity contribution in [2.45, 2.75) is 12.8 Å². The Morgan fingerprint density at radius 3 is 3.12 bits per heavy atom. The smallest absolute Gasteiger partial charge is 0.289 e. The molecule has 1 aliphatic rings. The summed E-state index contributed by atoms with van der Waals surface area (Å²) in [6.45, 7) is 2.54. The first-order valence-electron chi connectivity index (χ1n) is 5.90. The second-order valence-electron chi connectivity index (χ2n) is 4.42. The summed E-state index contributed by atoms with van der Waals surface area (Å²) < 4.78 is 5.15. The molecule has 0 aromatic carbocycles. The maximum atomic E-state index is 12.1. The summed E-state index contributed by atoms with van der Waals surface area (Å²) in [4.78, 5) is 14.0. The number of amides is 1. The molecule has 1 unspecified atom stereocenters. The van der Waals surface area contributed by atoms with Crippen LogP contribution >= 0.6 is 11.6 Å². The number of piperidine rings is 1. The molecule has 5 heteroatoms. The van der Waals surface area contributed by atoms with Gasteiger partial charge in [0.15, 0.2) is 11.0 Å². The minimum Gasteiger partial charge on any atom is -0.440 e. The van der Waals surface area contributed by atoms with Crippen molar-refractivity contribution in [2.24, 2.45) is 5.92 Å². The summed E-state index contributed by atoms with van der Waals surface area (Å²) in [7, 11) is 1.94. The largest absolute Gasteiger partial charge is 0.440 e. The van der Waals surface area contributed by atoms with Gasteiger partial charge < -0.3 is 14.6 Å². The lowest BCUT2D eigenvalue weighted by Crippen LogP contribution is -2.42. The van der Waals surface area contributed by atoms with E-state index < -0.39 is 0 Å². The van der Waals surface area contributed by atoms with Crippen LogP contribution in [0.3, 0.4) is 0 Å². The average Bonchev–Trinajstić information content (AvgIpc) is 2.76. The molecule has 1 saturated heterocycles. The highest BCUT2D eigenvalue weighted by atomic mass is 35.5. The van der Waals surface area contributed by atoms with Crippen molar-refractivity contribution in [1.82, 2.24) is 10.2 Å². The highest BCUT2D eigenvalue weighted by molar-refractivity contribution is 6.29. The van der Waals surface area contributed by atoms with Gasteiger partial charge in [-0.15, -0.1) is 0 Å². The van der Waals surface area contributed by atoms with Crippen LogP contribution < -0.4 is 5.32 Å². The van der Waals surface area contributed by atoms with E-state index in [-0.39, 0.29) is 11.1 Å². The number of hydrogen-bond donors (Lipinski definition) is 1. The zero-order chi connectivity index (χ0) is 12.3. The van der Waals surface area contributed by atoms with Crippen molar-refractivity contribution in [2.75, 3.05) is 26.7 Å². The maximum absolute atomic E-state index is 12.1. The van der Waals surface area contributed by atoms with Gasteiger partial charge in [0.05, 0.1) is 0 Å². The van der Waals surface area contributed by atoms with Crippen molar-refractivity contribution in [1.29, 1.82) is 0 Å². The molecule has 1 aromatic heterocycles. The molecule has 1 amide bonds. The van der Waals surface area contributed by atoms with E-state index in [4.69, 9.17) is 16.0 Å². The molecular formula is C12H17ClN2O2. The highest BCUT2D eigenvalue weighted by Crippen LogP contribution is 2.20. The summed E-state index contributed by atoms with van der Waals surface area (Å²) in [5.41, 5.74) is 0. The van der Waals surface area contributed by atoms with Gasteiger partial charge in [-0.05, 0) is 56.1 Å². The third-order valence-corrected chi connectivity index (χ3v) is 3.29. The van der Waals surface area contributed by atoms with Gasteiger partial charge in [0.1, 0.15) is 0 Å². The summed E-state index contributed by atoms with van der Waals surface area (Å²) in [5, 5.41) is 3.42. The Bertz CT molecular complexity index is 390. The summed E-state index contributed by atoms with van der Waals surface area (Å²) >= 11 is 5.67. The van der Waals surface area contributed by atoms with Crippen LogP contribution in [-0.4, -0.2) is 37.5 Å². The maximum Gasteiger partial charge on any atom is 0.289 e. The van der Waals surface area contributed by atoms with Gasteiger partial charge in [-0.2, -0.15) is 0 Å². The Morgan fingerprint density at radius 1 is 1.65 bits per heavy atom. The molecule has 1 atom stereocenters. The molecule has 0 spiro atoms. The van der Waals surface area contributed by atoms with Crippen molar-refractivity contribution in [3.63, 3.8) is 0 Å². The normalized spacial score (nSPS) is 20.6. The van der Waals surface area contributed by atoms with Crippen molar-refractivity contribution >= 4 is 17.5 Å². The van der Waals surface area contributed by atoms with Gasteiger partial charge in [-0.3, -0.25) is 4.79 Å². The molecule has 0 radical (unpaired) electrons. The monoisotopic (exact) mass is 256 g/mol. The highest BCUT2D eigenvalue weighted by Gasteiger charge is 2.25. The molecule has 1 fully saturated rings. The quantitative estimate of drug-likeness (QED) is 0.900. The van der Waals surface area contributed by atoms with E-state index in [0.717, 1.165) is 26.1 Å². The van der Waals surface area contributed by atoms with E-state index in [1.54, 1.807) is 12.1 Å². The lowest BCUT2D eigenvalue weighted by molar-refractivity contribution is 0.0642. The Balaban J connectivity index is 1.99. The molecular weight excluding hydrogens is 240 g/mol. The van der Waals surface area contributed by atoms with Gasteiger partial charge in [-0.25, -0.2) is 0 Å². The van der Waals surface area contributed by atoms with Crippen molar-refractivity contribution in [3.05, 3.63) is 23.1 Å². The Labute approximate surface area is 106 Å². The molecule has 0 aliphatic carbocycles. The predicted molar refractivity (Wildman–Crippen MR) is 66.3 cm³/mol. The lowest BCUT2D eigenvalue weighted by atomic mass is 9.98. The number of furan rings is 1. The van der Waals surface area contributed by atoms with Crippen LogP contribution in [0.15, 0.2) is 16.5 Å². The first-order valence-corrected chi connectivity index (χ1v) is 6.27. The second-order valence-corrected chi connectivity index (χ2v) is 4.79. The summed E-state index contributed by atoms with van der Waals surface area (Å²) in [6.07, 6.45) is 2.22. The standard InChI is InChI=1S/C12H17ClN2O2/c1-14-7-9-3-2-6-15(8-9)12(16)10-4-5-11(13)17-10/h4-5,9,14H,2-3,6-8H2,1H3. The topological polar surface area (TPSA) is 45.5 Å². The molecule has 4 nitrogen and oxygen atoms in total. The number of hydrogen-bond acceptors (Lipinski definition) is 3. The second kappa shape index (κ2) is 5.56. The number of carbonyl (C=O) groups is 1. The van der Waals surface area contributed by atoms with Gasteiger partial charge in [-0.1, -0.05) is 0 Å². The van der Waals surface area contributed by atoms with Crippen LogP contribution in [0.4, 0.5) is 0 Å². The zero-order valence-electron chi connectivity index (χ0n) is 9.91. The fourth-order valence-corrected chi connectivity index (χ4v) is 2.44. The number of halogens is 1. The number of rotatable bonds is 3. The molecule has 0 saturated carbocycles. The van der Waals surface area contributed by atoms with Gasteiger partial charge >= 0.3 is 0 Å². The third kappa shape index (κ3) is 3.01. The summed E-state index contributed by atoms with van der Waals surface area (Å²) in [6, 6.07) is 3.23. The van der Waals surface area contributed by atoms with Crippen LogP contribution in [0.5, 0.6) is 0 Å². The van der Waals surface area contributed by atoms with E-state index >= 15 is 0 Å². The molecule has 94 valence electrons. The molecule has 2 rings (SSSR count). The van der Waals surface area contributed by atoms with Gasteiger partial charge in [0, 0.05) is 13.1 Å². The van der Waals surface area contributed by atoms with Crippen LogP contribution in [-0.2, 0) is 0 Å². The first-order chi connectivity index (χ1) is 8.20. The lowest BCUT2D eigenvalue weighted by Gasteiger charge is -2.32. The van der Waals surface area contributed by atoms with Crippen molar-refractivity contribution in [3.8, 4) is 0 Å². The Hall–Kier alpha value is -1.00. The first kappa shape index (κ1) is 12.5. The number of likely N-dealkylation sites (tertiary alicyclic amines) is 1. The molecule has 2 heterocycles. The molecule has 1 aromatic rings. The number of nitrogens with one attached hydrogen (secondary N) is 1. The fraction of sp³-hybridized carbons (Fsp3) is 0.583. The van der Waals surface area contributed by atoms with Crippen molar-refractivity contribution < 1.29 is 9.21 Å². The summed E-state index contributed by atoms with van der Waals surface area (Å²) in [5.74, 6) is 0.806. The number of carbonyl (C=O) groups excluding carboxylic acids is 1. The predicted octanol–water partition coefficient (Wildman–Crippen LogP) is 2.00. The molecule has 1 N–H and O–H groups in total. The van der Waals surface area contributed by atoms with Gasteiger partial charge in [0.25, 0.3) is 5.91 Å². The van der Waals surface area contributed by atoms with E-state index in [0.29, 0.717) is 11.7 Å². The van der Waals surface area contributed by atoms with E-state index in [1.165, 1.54) is 6.42 Å². The third-order valence-electron chi connectivity index (χ3n) is 3.08. The van der Waals surface area contributed by atoms with E-state index in [1.807, 2.05) is 11.9 Å². The Kier molecular flexibility index (Phi) is 4.07. The average molecular weight is 257 g/mol. The minimum absolute atomic E-state index is 0.0577. The van der Waals surface area contributed by atoms with E-state index in [2.05, 4.69) is 5.32 Å². The number of nitrogens with zero attached hydrogens (tertiary/aromatic N) is 1.